The molecule has 1 unspecified atom stereocenters. The number of amides is 1. The number of piperidine rings is 1. The number of para-hydroxylation sites is 1. The summed E-state index contributed by atoms with van der Waals surface area (Å²) in [6.07, 6.45) is 2.22. The first kappa shape index (κ1) is 12.9. The van der Waals surface area contributed by atoms with E-state index < -0.39 is 0 Å². The first-order valence-corrected chi connectivity index (χ1v) is 6.77. The number of carbonyl (C=O) groups excluding carboxylic acids is 1. The van der Waals surface area contributed by atoms with Gasteiger partial charge in [0.15, 0.2) is 0 Å². The molecule has 1 aliphatic heterocycles. The molecule has 0 radical (unpaired) electrons. The molecule has 0 spiro atoms. The Balaban J connectivity index is 1.93. The van der Waals surface area contributed by atoms with Gasteiger partial charge in [0, 0.05) is 30.7 Å². The lowest BCUT2D eigenvalue weighted by molar-refractivity contribution is -0.135. The van der Waals surface area contributed by atoms with Crippen LogP contribution >= 0.6 is 0 Å². The molecule has 2 rings (SSSR count). The smallest absolute Gasteiger partial charge is 0.225 e. The van der Waals surface area contributed by atoms with Crippen LogP contribution in [0.25, 0.3) is 0 Å². The number of hydrogen-bond acceptors (Lipinski definition) is 2. The Morgan fingerprint density at radius 2 is 2.06 bits per heavy atom. The quantitative estimate of drug-likeness (QED) is 0.889. The Morgan fingerprint density at radius 1 is 1.33 bits per heavy atom. The standard InChI is InChI=1S/C15H22N2O/c1-12(2)15(18)17-10-6-9-14(11-17)16-13-7-4-3-5-8-13/h3-5,7-8,12,14,16H,6,9-11H2,1-2H3. The summed E-state index contributed by atoms with van der Waals surface area (Å²) in [5.41, 5.74) is 1.14. The molecule has 1 N–H and O–H groups in total. The SMILES string of the molecule is CC(C)C(=O)N1CCCC(Nc2ccccc2)C1. The van der Waals surface area contributed by atoms with Gasteiger partial charge < -0.3 is 10.2 Å². The number of likely N-dealkylation sites (tertiary alicyclic amines) is 1. The summed E-state index contributed by atoms with van der Waals surface area (Å²) in [7, 11) is 0. The van der Waals surface area contributed by atoms with Crippen LogP contribution in [0.3, 0.4) is 0 Å². The molecule has 0 saturated carbocycles. The van der Waals surface area contributed by atoms with Crippen LogP contribution in [-0.2, 0) is 4.79 Å². The first-order valence-electron chi connectivity index (χ1n) is 6.77. The molecule has 1 aromatic rings. The van der Waals surface area contributed by atoms with E-state index >= 15 is 0 Å². The third kappa shape index (κ3) is 3.25. The van der Waals surface area contributed by atoms with Crippen molar-refractivity contribution in [3.05, 3.63) is 30.3 Å². The second-order valence-electron chi connectivity index (χ2n) is 5.29. The number of carbonyl (C=O) groups is 1. The van der Waals surface area contributed by atoms with E-state index in [1.807, 2.05) is 36.9 Å². The fraction of sp³-hybridized carbons (Fsp3) is 0.533. The summed E-state index contributed by atoms with van der Waals surface area (Å²) in [6, 6.07) is 10.6. The second-order valence-corrected chi connectivity index (χ2v) is 5.29. The van der Waals surface area contributed by atoms with Crippen LogP contribution in [0.1, 0.15) is 26.7 Å². The zero-order chi connectivity index (χ0) is 13.0. The number of nitrogens with zero attached hydrogens (tertiary/aromatic N) is 1. The van der Waals surface area contributed by atoms with Gasteiger partial charge in [-0.05, 0) is 25.0 Å². The van der Waals surface area contributed by atoms with E-state index in [1.165, 1.54) is 0 Å². The van der Waals surface area contributed by atoms with Crippen LogP contribution in [0.5, 0.6) is 0 Å². The number of anilines is 1. The van der Waals surface area contributed by atoms with Gasteiger partial charge in [0.2, 0.25) is 5.91 Å². The highest BCUT2D eigenvalue weighted by Gasteiger charge is 2.24. The lowest BCUT2D eigenvalue weighted by Gasteiger charge is -2.34. The van der Waals surface area contributed by atoms with Gasteiger partial charge in [-0.15, -0.1) is 0 Å². The Bertz CT molecular complexity index is 389. The van der Waals surface area contributed by atoms with E-state index in [0.717, 1.165) is 31.6 Å². The molecular weight excluding hydrogens is 224 g/mol. The number of benzene rings is 1. The van der Waals surface area contributed by atoms with Gasteiger partial charge in [0.1, 0.15) is 0 Å². The zero-order valence-electron chi connectivity index (χ0n) is 11.2. The highest BCUT2D eigenvalue weighted by Crippen LogP contribution is 2.17. The van der Waals surface area contributed by atoms with Crippen molar-refractivity contribution in [3.63, 3.8) is 0 Å². The van der Waals surface area contributed by atoms with Crippen molar-refractivity contribution in [3.8, 4) is 0 Å². The van der Waals surface area contributed by atoms with Crippen LogP contribution in [0.4, 0.5) is 5.69 Å². The maximum atomic E-state index is 12.0. The van der Waals surface area contributed by atoms with Gasteiger partial charge in [0.25, 0.3) is 0 Å². The monoisotopic (exact) mass is 246 g/mol. The summed E-state index contributed by atoms with van der Waals surface area (Å²) in [5.74, 6) is 0.370. The average molecular weight is 246 g/mol. The summed E-state index contributed by atoms with van der Waals surface area (Å²) in [4.78, 5) is 14.0. The maximum absolute atomic E-state index is 12.0. The topological polar surface area (TPSA) is 32.3 Å². The van der Waals surface area contributed by atoms with Crippen molar-refractivity contribution in [1.29, 1.82) is 0 Å². The zero-order valence-corrected chi connectivity index (χ0v) is 11.2. The normalized spacial score (nSPS) is 19.9. The summed E-state index contributed by atoms with van der Waals surface area (Å²) in [5, 5.41) is 3.51. The molecule has 1 aromatic carbocycles. The molecule has 0 aliphatic carbocycles. The van der Waals surface area contributed by atoms with E-state index in [0.29, 0.717) is 6.04 Å². The minimum Gasteiger partial charge on any atom is -0.381 e. The molecular formula is C15H22N2O. The molecule has 98 valence electrons. The molecule has 1 fully saturated rings. The van der Waals surface area contributed by atoms with E-state index in [1.54, 1.807) is 0 Å². The molecule has 1 amide bonds. The number of rotatable bonds is 3. The van der Waals surface area contributed by atoms with Gasteiger partial charge in [-0.2, -0.15) is 0 Å². The number of hydrogen-bond donors (Lipinski definition) is 1. The average Bonchev–Trinajstić information content (AvgIpc) is 2.39. The van der Waals surface area contributed by atoms with Crippen molar-refractivity contribution in [2.45, 2.75) is 32.7 Å². The molecule has 1 atom stereocenters. The predicted molar refractivity (Wildman–Crippen MR) is 74.5 cm³/mol. The third-order valence-corrected chi connectivity index (χ3v) is 3.37. The Labute approximate surface area is 109 Å². The van der Waals surface area contributed by atoms with Gasteiger partial charge in [-0.1, -0.05) is 32.0 Å². The highest BCUT2D eigenvalue weighted by molar-refractivity contribution is 5.78. The van der Waals surface area contributed by atoms with Crippen LogP contribution in [0.2, 0.25) is 0 Å². The minimum absolute atomic E-state index is 0.0977. The third-order valence-electron chi connectivity index (χ3n) is 3.37. The van der Waals surface area contributed by atoms with Crippen LogP contribution in [-0.4, -0.2) is 29.9 Å². The number of nitrogens with one attached hydrogen (secondary N) is 1. The maximum Gasteiger partial charge on any atom is 0.225 e. The van der Waals surface area contributed by atoms with Crippen LogP contribution in [0, 0.1) is 5.92 Å². The van der Waals surface area contributed by atoms with Crippen LogP contribution in [0.15, 0.2) is 30.3 Å². The van der Waals surface area contributed by atoms with Crippen LogP contribution < -0.4 is 5.32 Å². The lowest BCUT2D eigenvalue weighted by atomic mass is 10.0. The molecule has 1 heterocycles. The van der Waals surface area contributed by atoms with E-state index in [-0.39, 0.29) is 11.8 Å². The Hall–Kier alpha value is -1.51. The minimum atomic E-state index is 0.0977. The Morgan fingerprint density at radius 3 is 2.72 bits per heavy atom. The molecule has 0 aromatic heterocycles. The summed E-state index contributed by atoms with van der Waals surface area (Å²) >= 11 is 0. The highest BCUT2D eigenvalue weighted by atomic mass is 16.2. The van der Waals surface area contributed by atoms with Crippen molar-refractivity contribution in [2.24, 2.45) is 5.92 Å². The predicted octanol–water partition coefficient (Wildman–Crippen LogP) is 2.75. The molecule has 1 aliphatic rings. The first-order chi connectivity index (χ1) is 8.66. The van der Waals surface area contributed by atoms with E-state index in [4.69, 9.17) is 0 Å². The van der Waals surface area contributed by atoms with E-state index in [9.17, 15) is 4.79 Å². The summed E-state index contributed by atoms with van der Waals surface area (Å²) in [6.45, 7) is 5.67. The van der Waals surface area contributed by atoms with Gasteiger partial charge in [0.05, 0.1) is 0 Å². The molecule has 18 heavy (non-hydrogen) atoms. The second kappa shape index (κ2) is 5.89. The van der Waals surface area contributed by atoms with Gasteiger partial charge >= 0.3 is 0 Å². The van der Waals surface area contributed by atoms with Crippen molar-refractivity contribution in [2.75, 3.05) is 18.4 Å². The molecule has 1 saturated heterocycles. The largest absolute Gasteiger partial charge is 0.381 e. The molecule has 3 heteroatoms. The van der Waals surface area contributed by atoms with Gasteiger partial charge in [-0.25, -0.2) is 0 Å². The Kier molecular flexibility index (Phi) is 4.24. The molecule has 0 bridgehead atoms. The van der Waals surface area contributed by atoms with Crippen molar-refractivity contribution < 1.29 is 4.79 Å². The lowest BCUT2D eigenvalue weighted by Crippen LogP contribution is -2.46. The van der Waals surface area contributed by atoms with Gasteiger partial charge in [-0.3, -0.25) is 4.79 Å². The molecule has 3 nitrogen and oxygen atoms in total. The fourth-order valence-corrected chi connectivity index (χ4v) is 2.43. The fourth-order valence-electron chi connectivity index (χ4n) is 2.43. The van der Waals surface area contributed by atoms with Crippen molar-refractivity contribution in [1.82, 2.24) is 4.90 Å². The summed E-state index contributed by atoms with van der Waals surface area (Å²) < 4.78 is 0. The van der Waals surface area contributed by atoms with Crippen molar-refractivity contribution >= 4 is 11.6 Å². The van der Waals surface area contributed by atoms with E-state index in [2.05, 4.69) is 17.4 Å².